The number of carbonyl (C=O) groups excluding carboxylic acids is 1. The number of unbranched alkanes of at least 4 members (excludes halogenated alkanes) is 12. The maximum absolute atomic E-state index is 12.2. The lowest BCUT2D eigenvalue weighted by atomic mass is 9.95. The van der Waals surface area contributed by atoms with Crippen LogP contribution in [0.25, 0.3) is 0 Å². The summed E-state index contributed by atoms with van der Waals surface area (Å²) in [5.74, 6) is 0.223. The summed E-state index contributed by atoms with van der Waals surface area (Å²) in [6.07, 6.45) is 17.9. The van der Waals surface area contributed by atoms with Gasteiger partial charge in [-0.1, -0.05) is 108 Å². The maximum Gasteiger partial charge on any atom is 0.162 e. The van der Waals surface area contributed by atoms with Crippen LogP contribution in [-0.4, -0.2) is 10.9 Å². The molecular weight excluding hydrogens is 332 g/mol. The highest BCUT2D eigenvalue weighted by Crippen LogP contribution is 2.20. The van der Waals surface area contributed by atoms with E-state index in [0.29, 0.717) is 6.42 Å². The van der Waals surface area contributed by atoms with Crippen LogP contribution in [0.1, 0.15) is 127 Å². The normalized spacial score (nSPS) is 11.7. The minimum Gasteiger partial charge on any atom is -0.386 e. The standard InChI is InChI=1S/C25H42O2/c1-4-5-6-7-8-9-10-11-12-13-14-15-16-17-24(26)22-18-20-23(21-19-22)25(2,3)27/h18-21,27H,4-17H2,1-3H3. The monoisotopic (exact) mass is 374 g/mol. The Kier molecular flexibility index (Phi) is 12.3. The fourth-order valence-electron chi connectivity index (χ4n) is 3.51. The summed E-state index contributed by atoms with van der Waals surface area (Å²) in [5, 5.41) is 9.97. The number of benzene rings is 1. The lowest BCUT2D eigenvalue weighted by molar-refractivity contribution is 0.0784. The van der Waals surface area contributed by atoms with E-state index in [2.05, 4.69) is 6.92 Å². The predicted molar refractivity (Wildman–Crippen MR) is 116 cm³/mol. The highest BCUT2D eigenvalue weighted by molar-refractivity contribution is 5.96. The molecule has 0 aliphatic rings. The van der Waals surface area contributed by atoms with Crippen molar-refractivity contribution in [2.45, 2.75) is 116 Å². The molecule has 0 fully saturated rings. The highest BCUT2D eigenvalue weighted by atomic mass is 16.3. The van der Waals surface area contributed by atoms with Crippen LogP contribution in [0, 0.1) is 0 Å². The predicted octanol–water partition coefficient (Wildman–Crippen LogP) is 7.58. The van der Waals surface area contributed by atoms with Crippen molar-refractivity contribution in [3.63, 3.8) is 0 Å². The highest BCUT2D eigenvalue weighted by Gasteiger charge is 2.16. The third kappa shape index (κ3) is 11.3. The van der Waals surface area contributed by atoms with E-state index in [1.807, 2.05) is 24.3 Å². The van der Waals surface area contributed by atoms with Crippen LogP contribution in [0.3, 0.4) is 0 Å². The van der Waals surface area contributed by atoms with Crippen LogP contribution in [0.15, 0.2) is 24.3 Å². The first-order chi connectivity index (χ1) is 12.9. The average molecular weight is 375 g/mol. The van der Waals surface area contributed by atoms with Crippen molar-refractivity contribution in [3.05, 3.63) is 35.4 Å². The molecular formula is C25H42O2. The fraction of sp³-hybridized carbons (Fsp3) is 0.720. The molecule has 0 aliphatic heterocycles. The summed E-state index contributed by atoms with van der Waals surface area (Å²) in [4.78, 5) is 12.2. The Morgan fingerprint density at radius 1 is 0.741 bits per heavy atom. The van der Waals surface area contributed by atoms with Crippen LogP contribution in [-0.2, 0) is 5.60 Å². The number of hydrogen-bond acceptors (Lipinski definition) is 2. The number of ketones is 1. The molecule has 0 radical (unpaired) electrons. The molecule has 0 amide bonds. The number of rotatable bonds is 16. The van der Waals surface area contributed by atoms with Gasteiger partial charge in [0.15, 0.2) is 5.78 Å². The second-order valence-corrected chi connectivity index (χ2v) is 8.55. The SMILES string of the molecule is CCCCCCCCCCCCCCCC(=O)c1ccc(C(C)(C)O)cc1. The van der Waals surface area contributed by atoms with Gasteiger partial charge >= 0.3 is 0 Å². The summed E-state index contributed by atoms with van der Waals surface area (Å²) in [6, 6.07) is 7.41. The van der Waals surface area contributed by atoms with Gasteiger partial charge in [0.05, 0.1) is 5.60 Å². The molecule has 0 saturated carbocycles. The second kappa shape index (κ2) is 13.9. The van der Waals surface area contributed by atoms with E-state index in [4.69, 9.17) is 0 Å². The average Bonchev–Trinajstić information content (AvgIpc) is 2.64. The van der Waals surface area contributed by atoms with Crippen LogP contribution < -0.4 is 0 Å². The van der Waals surface area contributed by atoms with Crippen LogP contribution in [0.5, 0.6) is 0 Å². The van der Waals surface area contributed by atoms with Gasteiger partial charge in [-0.25, -0.2) is 0 Å². The van der Waals surface area contributed by atoms with Gasteiger partial charge in [-0.15, -0.1) is 0 Å². The third-order valence-electron chi connectivity index (χ3n) is 5.42. The number of hydrogen-bond donors (Lipinski definition) is 1. The molecule has 0 aromatic heterocycles. The summed E-state index contributed by atoms with van der Waals surface area (Å²) >= 11 is 0. The Balaban J connectivity index is 1.99. The summed E-state index contributed by atoms with van der Waals surface area (Å²) in [7, 11) is 0. The first-order valence-corrected chi connectivity index (χ1v) is 11.3. The van der Waals surface area contributed by atoms with Gasteiger partial charge in [0.2, 0.25) is 0 Å². The number of aliphatic hydroxyl groups is 1. The van der Waals surface area contributed by atoms with Crippen molar-refractivity contribution in [2.24, 2.45) is 0 Å². The molecule has 154 valence electrons. The molecule has 0 unspecified atom stereocenters. The van der Waals surface area contributed by atoms with Gasteiger partial charge in [0, 0.05) is 12.0 Å². The Labute approximate surface area is 167 Å². The van der Waals surface area contributed by atoms with Gasteiger partial charge in [-0.3, -0.25) is 4.79 Å². The van der Waals surface area contributed by atoms with E-state index >= 15 is 0 Å². The van der Waals surface area contributed by atoms with Crippen molar-refractivity contribution in [3.8, 4) is 0 Å². The zero-order chi connectivity index (χ0) is 20.0. The maximum atomic E-state index is 12.2. The zero-order valence-corrected chi connectivity index (χ0v) is 18.1. The van der Waals surface area contributed by atoms with Gasteiger partial charge in [0.25, 0.3) is 0 Å². The third-order valence-corrected chi connectivity index (χ3v) is 5.42. The molecule has 2 nitrogen and oxygen atoms in total. The lowest BCUT2D eigenvalue weighted by Gasteiger charge is -2.17. The molecule has 1 aromatic carbocycles. The van der Waals surface area contributed by atoms with Crippen molar-refractivity contribution in [2.75, 3.05) is 0 Å². The summed E-state index contributed by atoms with van der Waals surface area (Å²) < 4.78 is 0. The number of carbonyl (C=O) groups is 1. The van der Waals surface area contributed by atoms with Gasteiger partial charge in [-0.2, -0.15) is 0 Å². The molecule has 1 aromatic rings. The van der Waals surface area contributed by atoms with Gasteiger partial charge in [-0.05, 0) is 25.8 Å². The van der Waals surface area contributed by atoms with Gasteiger partial charge in [0.1, 0.15) is 0 Å². The smallest absolute Gasteiger partial charge is 0.162 e. The quantitative estimate of drug-likeness (QED) is 0.239. The molecule has 0 atom stereocenters. The summed E-state index contributed by atoms with van der Waals surface area (Å²) in [5.41, 5.74) is 0.762. The van der Waals surface area contributed by atoms with Gasteiger partial charge < -0.3 is 5.11 Å². The molecule has 0 heterocycles. The van der Waals surface area contributed by atoms with E-state index in [9.17, 15) is 9.90 Å². The fourth-order valence-corrected chi connectivity index (χ4v) is 3.51. The Morgan fingerprint density at radius 3 is 1.56 bits per heavy atom. The Bertz CT molecular complexity index is 496. The largest absolute Gasteiger partial charge is 0.386 e. The molecule has 1 rings (SSSR count). The summed E-state index contributed by atoms with van der Waals surface area (Å²) in [6.45, 7) is 5.79. The minimum absolute atomic E-state index is 0.223. The van der Waals surface area contributed by atoms with E-state index in [0.717, 1.165) is 24.0 Å². The Morgan fingerprint density at radius 2 is 1.15 bits per heavy atom. The molecule has 0 spiro atoms. The van der Waals surface area contributed by atoms with Crippen molar-refractivity contribution < 1.29 is 9.90 Å². The van der Waals surface area contributed by atoms with E-state index in [-0.39, 0.29) is 5.78 Å². The zero-order valence-electron chi connectivity index (χ0n) is 18.1. The molecule has 0 saturated heterocycles. The molecule has 27 heavy (non-hydrogen) atoms. The van der Waals surface area contributed by atoms with E-state index in [1.54, 1.807) is 13.8 Å². The van der Waals surface area contributed by atoms with Crippen molar-refractivity contribution in [1.29, 1.82) is 0 Å². The molecule has 0 aliphatic carbocycles. The van der Waals surface area contributed by atoms with Crippen molar-refractivity contribution >= 4 is 5.78 Å². The second-order valence-electron chi connectivity index (χ2n) is 8.55. The first kappa shape index (κ1) is 23.9. The number of Topliss-reactive ketones (excluding diaryl/α,β-unsaturated/α-hetero) is 1. The topological polar surface area (TPSA) is 37.3 Å². The molecule has 2 heteroatoms. The van der Waals surface area contributed by atoms with E-state index < -0.39 is 5.60 Å². The van der Waals surface area contributed by atoms with Crippen molar-refractivity contribution in [1.82, 2.24) is 0 Å². The lowest BCUT2D eigenvalue weighted by Crippen LogP contribution is -2.15. The Hall–Kier alpha value is -1.15. The molecule has 0 bridgehead atoms. The van der Waals surface area contributed by atoms with E-state index in [1.165, 1.54) is 70.6 Å². The minimum atomic E-state index is -0.851. The first-order valence-electron chi connectivity index (χ1n) is 11.3. The molecule has 1 N–H and O–H groups in total. The van der Waals surface area contributed by atoms with Crippen LogP contribution in [0.4, 0.5) is 0 Å². The van der Waals surface area contributed by atoms with Crippen LogP contribution in [0.2, 0.25) is 0 Å². The van der Waals surface area contributed by atoms with Crippen LogP contribution >= 0.6 is 0 Å².